The lowest BCUT2D eigenvalue weighted by atomic mass is 9.88. The second kappa shape index (κ2) is 7.57. The Labute approximate surface area is 145 Å². The van der Waals surface area contributed by atoms with Gasteiger partial charge in [0.05, 0.1) is 5.56 Å². The minimum Gasteiger partial charge on any atom is -0.478 e. The maximum atomic E-state index is 13.0. The van der Waals surface area contributed by atoms with Gasteiger partial charge in [0.1, 0.15) is 5.82 Å². The van der Waals surface area contributed by atoms with E-state index in [0.717, 1.165) is 38.0 Å². The number of aromatic carboxylic acids is 1. The molecule has 1 saturated heterocycles. The predicted octanol–water partition coefficient (Wildman–Crippen LogP) is 3.62. The van der Waals surface area contributed by atoms with E-state index >= 15 is 0 Å². The third kappa shape index (κ3) is 4.31. The van der Waals surface area contributed by atoms with Crippen LogP contribution in [0.5, 0.6) is 0 Å². The summed E-state index contributed by atoms with van der Waals surface area (Å²) in [5.41, 5.74) is 1.92. The maximum Gasteiger partial charge on any atom is 0.335 e. The van der Waals surface area contributed by atoms with E-state index in [0.29, 0.717) is 5.56 Å². The summed E-state index contributed by atoms with van der Waals surface area (Å²) in [6.07, 6.45) is 1.56. The number of hydrogen-bond donors (Lipinski definition) is 1. The van der Waals surface area contributed by atoms with Crippen molar-refractivity contribution in [3.63, 3.8) is 0 Å². The molecule has 0 aliphatic carbocycles. The summed E-state index contributed by atoms with van der Waals surface area (Å²) in [7, 11) is 0. The highest BCUT2D eigenvalue weighted by Gasteiger charge is 2.25. The van der Waals surface area contributed by atoms with Crippen LogP contribution in [0, 0.1) is 11.7 Å². The van der Waals surface area contributed by atoms with Crippen LogP contribution in [0.15, 0.2) is 48.5 Å². The lowest BCUT2D eigenvalue weighted by Gasteiger charge is -2.31. The van der Waals surface area contributed by atoms with Gasteiger partial charge in [0.25, 0.3) is 0 Å². The summed E-state index contributed by atoms with van der Waals surface area (Å²) in [5.74, 6) is -1.19. The van der Waals surface area contributed by atoms with E-state index in [-0.39, 0.29) is 23.1 Å². The Balaban J connectivity index is 1.53. The van der Waals surface area contributed by atoms with Crippen LogP contribution in [0.4, 0.5) is 4.39 Å². The molecule has 0 radical (unpaired) electrons. The summed E-state index contributed by atoms with van der Waals surface area (Å²) in [6.45, 7) is 2.38. The van der Waals surface area contributed by atoms with Crippen LogP contribution in [-0.4, -0.2) is 34.8 Å². The van der Waals surface area contributed by atoms with E-state index in [1.54, 1.807) is 24.3 Å². The van der Waals surface area contributed by atoms with Crippen LogP contribution in [0.1, 0.15) is 39.1 Å². The highest BCUT2D eigenvalue weighted by molar-refractivity contribution is 5.97. The second-order valence-corrected chi connectivity index (χ2v) is 6.42. The molecule has 0 aromatic heterocycles. The summed E-state index contributed by atoms with van der Waals surface area (Å²) >= 11 is 0. The molecule has 0 spiro atoms. The van der Waals surface area contributed by atoms with Crippen molar-refractivity contribution in [1.82, 2.24) is 4.90 Å². The van der Waals surface area contributed by atoms with Crippen molar-refractivity contribution >= 4 is 11.8 Å². The molecule has 0 atom stereocenters. The van der Waals surface area contributed by atoms with Gasteiger partial charge in [-0.3, -0.25) is 9.69 Å². The van der Waals surface area contributed by atoms with Gasteiger partial charge in [-0.1, -0.05) is 12.1 Å². The minimum atomic E-state index is -0.924. The van der Waals surface area contributed by atoms with Crippen LogP contribution in [0.25, 0.3) is 0 Å². The average Bonchev–Trinajstić information content (AvgIpc) is 2.63. The normalized spacial score (nSPS) is 15.9. The maximum absolute atomic E-state index is 13.0. The van der Waals surface area contributed by atoms with Gasteiger partial charge in [0.15, 0.2) is 5.78 Å². The molecule has 4 nitrogen and oxygen atoms in total. The molecule has 130 valence electrons. The number of nitrogens with zero attached hydrogens (tertiary/aromatic N) is 1. The Hall–Kier alpha value is -2.53. The van der Waals surface area contributed by atoms with Crippen molar-refractivity contribution < 1.29 is 19.1 Å². The standard InChI is InChI=1S/C20H20FNO3/c21-18-7-5-15(6-8-18)19(23)16-9-11-22(12-10-16)13-14-1-3-17(4-2-14)20(24)25/h1-8,16H,9-13H2,(H,24,25). The smallest absolute Gasteiger partial charge is 0.335 e. The molecule has 5 heteroatoms. The number of rotatable bonds is 5. The molecular formula is C20H20FNO3. The molecule has 1 aliphatic heterocycles. The number of ketones is 1. The van der Waals surface area contributed by atoms with E-state index in [9.17, 15) is 14.0 Å². The predicted molar refractivity (Wildman–Crippen MR) is 92.1 cm³/mol. The largest absolute Gasteiger partial charge is 0.478 e. The van der Waals surface area contributed by atoms with Gasteiger partial charge in [-0.2, -0.15) is 0 Å². The SMILES string of the molecule is O=C(O)c1ccc(CN2CCC(C(=O)c3ccc(F)cc3)CC2)cc1. The number of piperidine rings is 1. The summed E-state index contributed by atoms with van der Waals surface area (Å²) in [6, 6.07) is 12.6. The number of benzene rings is 2. The summed E-state index contributed by atoms with van der Waals surface area (Å²) in [5, 5.41) is 8.92. The van der Waals surface area contributed by atoms with E-state index < -0.39 is 5.97 Å². The van der Waals surface area contributed by atoms with E-state index in [4.69, 9.17) is 5.11 Å². The molecule has 1 fully saturated rings. The van der Waals surface area contributed by atoms with Gasteiger partial charge in [-0.05, 0) is 67.9 Å². The molecule has 1 aliphatic rings. The number of carbonyl (C=O) groups is 2. The zero-order valence-corrected chi connectivity index (χ0v) is 13.8. The molecule has 1 N–H and O–H groups in total. The molecule has 0 unspecified atom stereocenters. The van der Waals surface area contributed by atoms with Crippen molar-refractivity contribution in [3.05, 3.63) is 71.0 Å². The molecule has 3 rings (SSSR count). The van der Waals surface area contributed by atoms with Gasteiger partial charge in [0, 0.05) is 18.0 Å². The number of hydrogen-bond acceptors (Lipinski definition) is 3. The number of carboxylic acids is 1. The fourth-order valence-corrected chi connectivity index (χ4v) is 3.21. The number of likely N-dealkylation sites (tertiary alicyclic amines) is 1. The van der Waals surface area contributed by atoms with Gasteiger partial charge in [-0.25, -0.2) is 9.18 Å². The molecule has 0 amide bonds. The van der Waals surface area contributed by atoms with Crippen LogP contribution in [0.3, 0.4) is 0 Å². The van der Waals surface area contributed by atoms with Gasteiger partial charge >= 0.3 is 5.97 Å². The second-order valence-electron chi connectivity index (χ2n) is 6.42. The Kier molecular flexibility index (Phi) is 5.24. The van der Waals surface area contributed by atoms with E-state index in [1.165, 1.54) is 12.1 Å². The molecule has 0 bridgehead atoms. The van der Waals surface area contributed by atoms with E-state index in [2.05, 4.69) is 4.90 Å². The Morgan fingerprint density at radius 2 is 1.52 bits per heavy atom. The lowest BCUT2D eigenvalue weighted by Crippen LogP contribution is -2.35. The first-order valence-electron chi connectivity index (χ1n) is 8.37. The number of carbonyl (C=O) groups excluding carboxylic acids is 1. The van der Waals surface area contributed by atoms with Crippen LogP contribution in [-0.2, 0) is 6.54 Å². The third-order valence-corrected chi connectivity index (χ3v) is 4.69. The van der Waals surface area contributed by atoms with Gasteiger partial charge in [-0.15, -0.1) is 0 Å². The van der Waals surface area contributed by atoms with Crippen LogP contribution in [0.2, 0.25) is 0 Å². The lowest BCUT2D eigenvalue weighted by molar-refractivity contribution is 0.0696. The quantitative estimate of drug-likeness (QED) is 0.844. The Bertz CT molecular complexity index is 748. The van der Waals surface area contributed by atoms with Crippen molar-refractivity contribution in [3.8, 4) is 0 Å². The van der Waals surface area contributed by atoms with Crippen molar-refractivity contribution in [1.29, 1.82) is 0 Å². The minimum absolute atomic E-state index is 0.0175. The molecular weight excluding hydrogens is 321 g/mol. The first kappa shape index (κ1) is 17.3. The fourth-order valence-electron chi connectivity index (χ4n) is 3.21. The average molecular weight is 341 g/mol. The molecule has 2 aromatic rings. The Morgan fingerprint density at radius 3 is 2.08 bits per heavy atom. The fraction of sp³-hybridized carbons (Fsp3) is 0.300. The Morgan fingerprint density at radius 1 is 0.960 bits per heavy atom. The first-order chi connectivity index (χ1) is 12.0. The first-order valence-corrected chi connectivity index (χ1v) is 8.37. The number of Topliss-reactive ketones (excluding diaryl/α,β-unsaturated/α-hetero) is 1. The number of carboxylic acid groups (broad SMARTS) is 1. The highest BCUT2D eigenvalue weighted by atomic mass is 19.1. The van der Waals surface area contributed by atoms with Crippen LogP contribution >= 0.6 is 0 Å². The summed E-state index contributed by atoms with van der Waals surface area (Å²) < 4.78 is 13.0. The highest BCUT2D eigenvalue weighted by Crippen LogP contribution is 2.23. The van der Waals surface area contributed by atoms with Crippen molar-refractivity contribution in [2.45, 2.75) is 19.4 Å². The van der Waals surface area contributed by atoms with E-state index in [1.807, 2.05) is 12.1 Å². The molecule has 1 heterocycles. The molecule has 0 saturated carbocycles. The third-order valence-electron chi connectivity index (χ3n) is 4.69. The monoisotopic (exact) mass is 341 g/mol. The molecule has 2 aromatic carbocycles. The zero-order valence-electron chi connectivity index (χ0n) is 13.8. The van der Waals surface area contributed by atoms with Crippen molar-refractivity contribution in [2.75, 3.05) is 13.1 Å². The van der Waals surface area contributed by atoms with Gasteiger partial charge in [0.2, 0.25) is 0 Å². The van der Waals surface area contributed by atoms with Gasteiger partial charge < -0.3 is 5.11 Å². The van der Waals surface area contributed by atoms with Crippen molar-refractivity contribution in [2.24, 2.45) is 5.92 Å². The number of halogens is 1. The topological polar surface area (TPSA) is 57.6 Å². The summed E-state index contributed by atoms with van der Waals surface area (Å²) in [4.78, 5) is 25.6. The zero-order chi connectivity index (χ0) is 17.8. The molecule has 25 heavy (non-hydrogen) atoms. The van der Waals surface area contributed by atoms with Crippen LogP contribution < -0.4 is 0 Å².